The van der Waals surface area contributed by atoms with E-state index in [4.69, 9.17) is 4.74 Å². The zero-order valence-corrected chi connectivity index (χ0v) is 14.1. The van der Waals surface area contributed by atoms with Crippen molar-refractivity contribution >= 4 is 54.5 Å². The molecule has 0 spiro atoms. The van der Waals surface area contributed by atoms with Gasteiger partial charge >= 0.3 is 5.97 Å². The molecule has 2 rings (SSSR count). The fourth-order valence-electron chi connectivity index (χ4n) is 1.69. The van der Waals surface area contributed by atoms with E-state index in [1.165, 1.54) is 11.3 Å². The lowest BCUT2D eigenvalue weighted by Gasteiger charge is -2.04. The molecule has 0 aliphatic carbocycles. The largest absolute Gasteiger partial charge is 0.462 e. The van der Waals surface area contributed by atoms with Crippen molar-refractivity contribution in [1.29, 1.82) is 0 Å². The van der Waals surface area contributed by atoms with Gasteiger partial charge in [0.1, 0.15) is 0 Å². The summed E-state index contributed by atoms with van der Waals surface area (Å²) in [5, 5.41) is 3.28. The second kappa shape index (κ2) is 7.00. The molecular weight excluding hydrogens is 356 g/mol. The van der Waals surface area contributed by atoms with Crippen LogP contribution in [0.2, 0.25) is 0 Å². The monoisotopic (exact) mass is 370 g/mol. The van der Waals surface area contributed by atoms with E-state index >= 15 is 0 Å². The van der Waals surface area contributed by atoms with E-state index in [1.807, 2.05) is 6.92 Å². The van der Waals surface area contributed by atoms with Crippen molar-refractivity contribution in [3.63, 3.8) is 0 Å². The molecule has 21 heavy (non-hydrogen) atoms. The SMILES string of the molecule is CCOC(=O)c1ccc2nc(NC(=O)[C@@H](Br)CC)sc2c1. The third-order valence-electron chi connectivity index (χ3n) is 2.77. The minimum Gasteiger partial charge on any atom is -0.462 e. The van der Waals surface area contributed by atoms with Gasteiger partial charge in [-0.05, 0) is 31.5 Å². The van der Waals surface area contributed by atoms with Crippen LogP contribution < -0.4 is 5.32 Å². The number of amides is 1. The molecule has 1 aromatic heterocycles. The predicted octanol–water partition coefficient (Wildman–Crippen LogP) is 3.59. The third kappa shape index (κ3) is 3.79. The molecule has 0 unspecified atom stereocenters. The third-order valence-corrected chi connectivity index (χ3v) is 4.77. The number of aromatic nitrogens is 1. The van der Waals surface area contributed by atoms with Crippen LogP contribution in [-0.4, -0.2) is 28.3 Å². The Kier molecular flexibility index (Phi) is 5.30. The molecule has 112 valence electrons. The zero-order valence-electron chi connectivity index (χ0n) is 11.7. The number of fused-ring (bicyclic) bond motifs is 1. The summed E-state index contributed by atoms with van der Waals surface area (Å²) in [6.45, 7) is 4.02. The van der Waals surface area contributed by atoms with E-state index in [-0.39, 0.29) is 16.7 Å². The number of nitrogens with one attached hydrogen (secondary N) is 1. The van der Waals surface area contributed by atoms with Crippen molar-refractivity contribution in [2.75, 3.05) is 11.9 Å². The molecule has 5 nitrogen and oxygen atoms in total. The summed E-state index contributed by atoms with van der Waals surface area (Å²) in [7, 11) is 0. The van der Waals surface area contributed by atoms with Crippen molar-refractivity contribution < 1.29 is 14.3 Å². The van der Waals surface area contributed by atoms with Crippen molar-refractivity contribution in [2.45, 2.75) is 25.1 Å². The number of hydrogen-bond donors (Lipinski definition) is 1. The Balaban J connectivity index is 2.22. The number of alkyl halides is 1. The Bertz CT molecular complexity index is 671. The Morgan fingerprint density at radius 1 is 1.43 bits per heavy atom. The van der Waals surface area contributed by atoms with Crippen LogP contribution in [0.4, 0.5) is 5.13 Å². The Morgan fingerprint density at radius 2 is 2.19 bits per heavy atom. The summed E-state index contributed by atoms with van der Waals surface area (Å²) < 4.78 is 5.80. The Labute approximate surface area is 134 Å². The van der Waals surface area contributed by atoms with E-state index in [0.717, 1.165) is 10.2 Å². The van der Waals surface area contributed by atoms with Crippen molar-refractivity contribution in [2.24, 2.45) is 0 Å². The molecule has 0 saturated heterocycles. The maximum atomic E-state index is 11.8. The van der Waals surface area contributed by atoms with Crippen LogP contribution in [0.15, 0.2) is 18.2 Å². The molecule has 1 N–H and O–H groups in total. The second-order valence-corrected chi connectivity index (χ2v) is 6.42. The smallest absolute Gasteiger partial charge is 0.338 e. The number of hydrogen-bond acceptors (Lipinski definition) is 5. The van der Waals surface area contributed by atoms with Crippen LogP contribution in [0, 0.1) is 0 Å². The molecule has 7 heteroatoms. The lowest BCUT2D eigenvalue weighted by atomic mass is 10.2. The lowest BCUT2D eigenvalue weighted by Crippen LogP contribution is -2.21. The quantitative estimate of drug-likeness (QED) is 0.644. The van der Waals surface area contributed by atoms with E-state index < -0.39 is 0 Å². The van der Waals surface area contributed by atoms with Gasteiger partial charge in [0.2, 0.25) is 5.91 Å². The highest BCUT2D eigenvalue weighted by Crippen LogP contribution is 2.27. The van der Waals surface area contributed by atoms with Crippen molar-refractivity contribution in [3.8, 4) is 0 Å². The Morgan fingerprint density at radius 3 is 2.86 bits per heavy atom. The molecule has 0 aliphatic rings. The highest BCUT2D eigenvalue weighted by Gasteiger charge is 2.15. The molecule has 0 bridgehead atoms. The summed E-state index contributed by atoms with van der Waals surface area (Å²) in [6.07, 6.45) is 0.698. The van der Waals surface area contributed by atoms with Gasteiger partial charge in [-0.25, -0.2) is 9.78 Å². The molecule has 0 radical (unpaired) electrons. The fourth-order valence-corrected chi connectivity index (χ4v) is 2.71. The van der Waals surface area contributed by atoms with Crippen LogP contribution >= 0.6 is 27.3 Å². The van der Waals surface area contributed by atoms with E-state index in [9.17, 15) is 9.59 Å². The first-order valence-corrected chi connectivity index (χ1v) is 8.31. The highest BCUT2D eigenvalue weighted by atomic mass is 79.9. The first kappa shape index (κ1) is 15.9. The fraction of sp³-hybridized carbons (Fsp3) is 0.357. The first-order valence-electron chi connectivity index (χ1n) is 6.57. The summed E-state index contributed by atoms with van der Waals surface area (Å²) in [4.78, 5) is 27.6. The molecule has 1 heterocycles. The summed E-state index contributed by atoms with van der Waals surface area (Å²) >= 11 is 4.63. The normalized spacial score (nSPS) is 12.1. The number of benzene rings is 1. The molecule has 0 fully saturated rings. The number of anilines is 1. The summed E-state index contributed by atoms with van der Waals surface area (Å²) in [5.41, 5.74) is 1.23. The van der Waals surface area contributed by atoms with Crippen molar-refractivity contribution in [1.82, 2.24) is 4.98 Å². The van der Waals surface area contributed by atoms with Gasteiger partial charge in [0, 0.05) is 0 Å². The number of rotatable bonds is 5. The molecule has 0 saturated carbocycles. The molecule has 0 aliphatic heterocycles. The lowest BCUT2D eigenvalue weighted by molar-refractivity contribution is -0.115. The predicted molar refractivity (Wildman–Crippen MR) is 87.2 cm³/mol. The molecule has 2 aromatic rings. The standard InChI is InChI=1S/C14H15BrN2O3S/c1-3-9(15)12(18)17-14-16-10-6-5-8(7-11(10)21-14)13(19)20-4-2/h5-7,9H,3-4H2,1-2H3,(H,16,17,18)/t9-/m0/s1. The molecule has 1 atom stereocenters. The summed E-state index contributed by atoms with van der Waals surface area (Å²) in [5.74, 6) is -0.480. The number of carbonyl (C=O) groups is 2. The molecule has 1 amide bonds. The minimum absolute atomic E-state index is 0.123. The van der Waals surface area contributed by atoms with Gasteiger partial charge in [-0.2, -0.15) is 0 Å². The molecule has 1 aromatic carbocycles. The number of ether oxygens (including phenoxy) is 1. The number of nitrogens with zero attached hydrogens (tertiary/aromatic N) is 1. The van der Waals surface area contributed by atoms with Crippen LogP contribution in [0.1, 0.15) is 30.6 Å². The van der Waals surface area contributed by atoms with Gasteiger partial charge in [0.05, 0.1) is 27.2 Å². The van der Waals surface area contributed by atoms with Crippen molar-refractivity contribution in [3.05, 3.63) is 23.8 Å². The second-order valence-electron chi connectivity index (χ2n) is 4.29. The highest BCUT2D eigenvalue weighted by molar-refractivity contribution is 9.10. The van der Waals surface area contributed by atoms with Gasteiger partial charge in [-0.15, -0.1) is 0 Å². The minimum atomic E-state index is -0.357. The number of esters is 1. The maximum absolute atomic E-state index is 11.8. The number of thiazole rings is 1. The maximum Gasteiger partial charge on any atom is 0.338 e. The van der Waals surface area contributed by atoms with Gasteiger partial charge in [-0.1, -0.05) is 34.2 Å². The zero-order chi connectivity index (χ0) is 15.4. The van der Waals surface area contributed by atoms with Gasteiger partial charge in [0.25, 0.3) is 0 Å². The number of halogens is 1. The summed E-state index contributed by atoms with van der Waals surface area (Å²) in [6, 6.07) is 5.15. The van der Waals surface area contributed by atoms with E-state index in [0.29, 0.717) is 23.7 Å². The van der Waals surface area contributed by atoms with Gasteiger partial charge < -0.3 is 10.1 Å². The first-order chi connectivity index (χ1) is 10.0. The van der Waals surface area contributed by atoms with Crippen LogP contribution in [0.5, 0.6) is 0 Å². The van der Waals surface area contributed by atoms with Crippen LogP contribution in [0.25, 0.3) is 10.2 Å². The average Bonchev–Trinajstić information content (AvgIpc) is 2.87. The van der Waals surface area contributed by atoms with E-state index in [1.54, 1.807) is 25.1 Å². The van der Waals surface area contributed by atoms with Gasteiger partial charge in [0.15, 0.2) is 5.13 Å². The van der Waals surface area contributed by atoms with Crippen LogP contribution in [-0.2, 0) is 9.53 Å². The average molecular weight is 371 g/mol. The van der Waals surface area contributed by atoms with Crippen LogP contribution in [0.3, 0.4) is 0 Å². The van der Waals surface area contributed by atoms with Gasteiger partial charge in [-0.3, -0.25) is 4.79 Å². The van der Waals surface area contributed by atoms with E-state index in [2.05, 4.69) is 26.2 Å². The molecular formula is C14H15BrN2O3S. The Hall–Kier alpha value is -1.47. The topological polar surface area (TPSA) is 68.3 Å². The number of carbonyl (C=O) groups excluding carboxylic acids is 2.